The monoisotopic (exact) mass is 431 g/mol. The minimum absolute atomic E-state index is 0.279. The average molecular weight is 432 g/mol. The van der Waals surface area contributed by atoms with Gasteiger partial charge in [-0.25, -0.2) is 8.78 Å². The lowest BCUT2D eigenvalue weighted by molar-refractivity contribution is -0.123. The maximum atomic E-state index is 13.8. The second-order valence-electron chi connectivity index (χ2n) is 6.90. The highest BCUT2D eigenvalue weighted by molar-refractivity contribution is 7.98. The molecule has 0 fully saturated rings. The van der Waals surface area contributed by atoms with Gasteiger partial charge in [0.15, 0.2) is 0 Å². The molecule has 5 nitrogen and oxygen atoms in total. The van der Waals surface area contributed by atoms with Gasteiger partial charge >= 0.3 is 0 Å². The van der Waals surface area contributed by atoms with Crippen molar-refractivity contribution in [2.45, 2.75) is 25.6 Å². The zero-order valence-electron chi connectivity index (χ0n) is 16.7. The van der Waals surface area contributed by atoms with E-state index in [-0.39, 0.29) is 5.92 Å². The standard InChI is InChI=1S/C22H23F2N3O2S/c1-14(2)20(27-21(28)19-17(23)8-5-9-18(19)24)22(29)26-10-11-30-13-16-7-4-3-6-15(16)12-25/h3-9,14,20H,10-11,13H2,1-2H3,(H,26,29)(H,27,28). The third kappa shape index (κ3) is 6.29. The van der Waals surface area contributed by atoms with Crippen molar-refractivity contribution >= 4 is 23.6 Å². The van der Waals surface area contributed by atoms with E-state index >= 15 is 0 Å². The zero-order chi connectivity index (χ0) is 22.1. The quantitative estimate of drug-likeness (QED) is 0.594. The van der Waals surface area contributed by atoms with E-state index in [2.05, 4.69) is 16.7 Å². The Kier molecular flexibility index (Phi) is 8.81. The number of nitrogens with one attached hydrogen (secondary N) is 2. The van der Waals surface area contributed by atoms with Crippen LogP contribution in [-0.2, 0) is 10.5 Å². The molecule has 2 amide bonds. The second kappa shape index (κ2) is 11.3. The molecule has 0 spiro atoms. The molecule has 8 heteroatoms. The van der Waals surface area contributed by atoms with Gasteiger partial charge in [-0.15, -0.1) is 0 Å². The molecule has 0 aliphatic carbocycles. The molecule has 2 N–H and O–H groups in total. The van der Waals surface area contributed by atoms with Gasteiger partial charge in [0.2, 0.25) is 5.91 Å². The summed E-state index contributed by atoms with van der Waals surface area (Å²) in [6.45, 7) is 3.82. The van der Waals surface area contributed by atoms with E-state index in [0.717, 1.165) is 17.7 Å². The number of nitriles is 1. The van der Waals surface area contributed by atoms with Gasteiger partial charge in [-0.1, -0.05) is 38.1 Å². The minimum atomic E-state index is -0.982. The Morgan fingerprint density at radius 3 is 2.40 bits per heavy atom. The topological polar surface area (TPSA) is 82.0 Å². The summed E-state index contributed by atoms with van der Waals surface area (Å²) >= 11 is 1.56. The summed E-state index contributed by atoms with van der Waals surface area (Å²) in [5, 5.41) is 14.3. The van der Waals surface area contributed by atoms with Gasteiger partial charge in [0, 0.05) is 18.1 Å². The fourth-order valence-electron chi connectivity index (χ4n) is 2.76. The Bertz CT molecular complexity index is 924. The molecule has 1 atom stereocenters. The SMILES string of the molecule is CC(C)C(NC(=O)c1c(F)cccc1F)C(=O)NCCSCc1ccccc1C#N. The van der Waals surface area contributed by atoms with Gasteiger partial charge in [-0.05, 0) is 29.7 Å². The number of carbonyl (C=O) groups excluding carboxylic acids is 2. The summed E-state index contributed by atoms with van der Waals surface area (Å²) in [6, 6.07) is 11.7. The zero-order valence-corrected chi connectivity index (χ0v) is 17.6. The van der Waals surface area contributed by atoms with Crippen molar-refractivity contribution in [2.75, 3.05) is 12.3 Å². The minimum Gasteiger partial charge on any atom is -0.353 e. The third-order valence-corrected chi connectivity index (χ3v) is 5.37. The molecule has 0 radical (unpaired) electrons. The molecule has 30 heavy (non-hydrogen) atoms. The Labute approximate surface area is 178 Å². The van der Waals surface area contributed by atoms with Crippen LogP contribution >= 0.6 is 11.8 Å². The lowest BCUT2D eigenvalue weighted by Gasteiger charge is -2.22. The van der Waals surface area contributed by atoms with E-state index in [0.29, 0.717) is 23.6 Å². The van der Waals surface area contributed by atoms with Crippen molar-refractivity contribution in [2.24, 2.45) is 5.92 Å². The van der Waals surface area contributed by atoms with E-state index < -0.39 is 35.1 Å². The van der Waals surface area contributed by atoms with Gasteiger partial charge in [0.05, 0.1) is 11.6 Å². The molecule has 0 heterocycles. The Hall–Kier alpha value is -2.92. The van der Waals surface area contributed by atoms with Crippen molar-refractivity contribution in [1.29, 1.82) is 5.26 Å². The molecule has 0 saturated heterocycles. The first-order valence-electron chi connectivity index (χ1n) is 9.43. The van der Waals surface area contributed by atoms with Crippen LogP contribution in [0, 0.1) is 28.9 Å². The van der Waals surface area contributed by atoms with Crippen LogP contribution in [0.2, 0.25) is 0 Å². The van der Waals surface area contributed by atoms with Crippen LogP contribution in [0.4, 0.5) is 8.78 Å². The summed E-state index contributed by atoms with van der Waals surface area (Å²) in [5.41, 5.74) is 0.843. The van der Waals surface area contributed by atoms with Crippen molar-refractivity contribution in [3.63, 3.8) is 0 Å². The summed E-state index contributed by atoms with van der Waals surface area (Å²) in [5.74, 6) is -2.40. The van der Waals surface area contributed by atoms with Gasteiger partial charge < -0.3 is 10.6 Å². The summed E-state index contributed by atoms with van der Waals surface area (Å²) in [6.07, 6.45) is 0. The predicted octanol–water partition coefficient (Wildman–Crippen LogP) is 3.64. The maximum absolute atomic E-state index is 13.8. The highest BCUT2D eigenvalue weighted by Crippen LogP contribution is 2.16. The molecule has 2 aromatic rings. The normalized spacial score (nSPS) is 11.6. The number of halogens is 2. The van der Waals surface area contributed by atoms with Gasteiger partial charge in [-0.3, -0.25) is 9.59 Å². The first-order chi connectivity index (χ1) is 14.3. The number of benzene rings is 2. The Morgan fingerprint density at radius 2 is 1.77 bits per heavy atom. The average Bonchev–Trinajstić information content (AvgIpc) is 2.71. The van der Waals surface area contributed by atoms with Crippen LogP contribution in [0.5, 0.6) is 0 Å². The van der Waals surface area contributed by atoms with Crippen LogP contribution in [0.15, 0.2) is 42.5 Å². The highest BCUT2D eigenvalue weighted by atomic mass is 32.2. The van der Waals surface area contributed by atoms with Crippen molar-refractivity contribution in [1.82, 2.24) is 10.6 Å². The number of hydrogen-bond donors (Lipinski definition) is 2. The lowest BCUT2D eigenvalue weighted by atomic mass is 10.0. The van der Waals surface area contributed by atoms with E-state index in [9.17, 15) is 18.4 Å². The molecule has 0 bridgehead atoms. The van der Waals surface area contributed by atoms with Crippen LogP contribution in [0.3, 0.4) is 0 Å². The van der Waals surface area contributed by atoms with Gasteiger partial charge in [-0.2, -0.15) is 17.0 Å². The number of thioether (sulfide) groups is 1. The molecule has 1 unspecified atom stereocenters. The van der Waals surface area contributed by atoms with Crippen molar-refractivity contribution in [3.8, 4) is 6.07 Å². The number of nitrogens with zero attached hydrogens (tertiary/aromatic N) is 1. The van der Waals surface area contributed by atoms with Crippen LogP contribution in [-0.4, -0.2) is 30.2 Å². The molecule has 2 aromatic carbocycles. The van der Waals surface area contributed by atoms with E-state index in [1.807, 2.05) is 12.1 Å². The maximum Gasteiger partial charge on any atom is 0.257 e. The number of hydrogen-bond acceptors (Lipinski definition) is 4. The lowest BCUT2D eigenvalue weighted by Crippen LogP contribution is -2.50. The number of carbonyl (C=O) groups is 2. The predicted molar refractivity (Wildman–Crippen MR) is 113 cm³/mol. The van der Waals surface area contributed by atoms with Crippen LogP contribution in [0.1, 0.15) is 35.3 Å². The summed E-state index contributed by atoms with van der Waals surface area (Å²) in [4.78, 5) is 24.8. The molecule has 0 aromatic heterocycles. The molecular weight excluding hydrogens is 408 g/mol. The fourth-order valence-corrected chi connectivity index (χ4v) is 3.62. The van der Waals surface area contributed by atoms with E-state index in [1.165, 1.54) is 6.07 Å². The summed E-state index contributed by atoms with van der Waals surface area (Å²) in [7, 11) is 0. The van der Waals surface area contributed by atoms with Crippen LogP contribution in [0.25, 0.3) is 0 Å². The molecular formula is C22H23F2N3O2S. The third-order valence-electron chi connectivity index (χ3n) is 4.37. The molecule has 2 rings (SSSR count). The van der Waals surface area contributed by atoms with Crippen molar-refractivity contribution < 1.29 is 18.4 Å². The molecule has 158 valence electrons. The Morgan fingerprint density at radius 1 is 1.10 bits per heavy atom. The van der Waals surface area contributed by atoms with Gasteiger partial charge in [0.25, 0.3) is 5.91 Å². The summed E-state index contributed by atoms with van der Waals surface area (Å²) < 4.78 is 27.6. The van der Waals surface area contributed by atoms with E-state index in [4.69, 9.17) is 5.26 Å². The first kappa shape index (κ1) is 23.4. The number of amides is 2. The second-order valence-corrected chi connectivity index (χ2v) is 8.01. The molecule has 0 aliphatic rings. The number of rotatable bonds is 9. The molecule has 0 aliphatic heterocycles. The molecule has 0 saturated carbocycles. The highest BCUT2D eigenvalue weighted by Gasteiger charge is 2.27. The Balaban J connectivity index is 1.87. The van der Waals surface area contributed by atoms with E-state index in [1.54, 1.807) is 37.7 Å². The van der Waals surface area contributed by atoms with Gasteiger partial charge in [0.1, 0.15) is 23.2 Å². The van der Waals surface area contributed by atoms with Crippen LogP contribution < -0.4 is 10.6 Å². The largest absolute Gasteiger partial charge is 0.353 e. The van der Waals surface area contributed by atoms with Crippen molar-refractivity contribution in [3.05, 3.63) is 70.8 Å². The smallest absolute Gasteiger partial charge is 0.257 e. The fraction of sp³-hybridized carbons (Fsp3) is 0.318. The first-order valence-corrected chi connectivity index (χ1v) is 10.6.